The number of H-pyrrole nitrogens is 1. The third-order valence-corrected chi connectivity index (χ3v) is 2.94. The van der Waals surface area contributed by atoms with E-state index in [-0.39, 0.29) is 5.91 Å². The molecule has 0 bridgehead atoms. The van der Waals surface area contributed by atoms with Crippen LogP contribution in [0.25, 0.3) is 0 Å². The summed E-state index contributed by atoms with van der Waals surface area (Å²) in [6.07, 6.45) is 2.43. The molecule has 112 valence electrons. The minimum atomic E-state index is -0.0288. The van der Waals surface area contributed by atoms with E-state index in [2.05, 4.69) is 26.6 Å². The van der Waals surface area contributed by atoms with E-state index in [9.17, 15) is 4.79 Å². The van der Waals surface area contributed by atoms with Crippen LogP contribution in [0, 0.1) is 13.8 Å². The van der Waals surface area contributed by atoms with Crippen LogP contribution in [0.4, 0.5) is 0 Å². The van der Waals surface area contributed by atoms with Gasteiger partial charge in [0.2, 0.25) is 5.91 Å². The molecule has 0 spiro atoms. The lowest BCUT2D eigenvalue weighted by Crippen LogP contribution is -2.27. The van der Waals surface area contributed by atoms with E-state index in [1.54, 1.807) is 0 Å². The Bertz CT molecular complexity index is 561. The van der Waals surface area contributed by atoms with Gasteiger partial charge in [0, 0.05) is 13.0 Å². The third-order valence-electron chi connectivity index (χ3n) is 2.94. The SMILES string of the molecule is Cc1cc(C)cc(OCCC(=O)NCCc2ncn[nH]2)c1. The van der Waals surface area contributed by atoms with Crippen LogP contribution in [-0.4, -0.2) is 34.2 Å². The minimum Gasteiger partial charge on any atom is -0.493 e. The van der Waals surface area contributed by atoms with Crippen molar-refractivity contribution in [2.24, 2.45) is 0 Å². The first kappa shape index (κ1) is 15.0. The van der Waals surface area contributed by atoms with Crippen molar-refractivity contribution in [1.29, 1.82) is 0 Å². The molecule has 0 fully saturated rings. The van der Waals surface area contributed by atoms with Crippen LogP contribution in [0.5, 0.6) is 5.75 Å². The molecule has 0 aliphatic rings. The number of benzene rings is 1. The summed E-state index contributed by atoms with van der Waals surface area (Å²) >= 11 is 0. The van der Waals surface area contributed by atoms with Crippen LogP contribution in [0.3, 0.4) is 0 Å². The zero-order valence-corrected chi connectivity index (χ0v) is 12.3. The number of aryl methyl sites for hydroxylation is 2. The lowest BCUT2D eigenvalue weighted by molar-refractivity contribution is -0.121. The molecule has 2 N–H and O–H groups in total. The highest BCUT2D eigenvalue weighted by Crippen LogP contribution is 2.16. The van der Waals surface area contributed by atoms with Gasteiger partial charge in [0.25, 0.3) is 0 Å². The maximum Gasteiger partial charge on any atom is 0.223 e. The van der Waals surface area contributed by atoms with Crippen LogP contribution in [0.2, 0.25) is 0 Å². The standard InChI is InChI=1S/C15H20N4O2/c1-11-7-12(2)9-13(8-11)21-6-4-15(20)16-5-3-14-17-10-18-19-14/h7-10H,3-6H2,1-2H3,(H,16,20)(H,17,18,19). The highest BCUT2D eigenvalue weighted by molar-refractivity contribution is 5.75. The summed E-state index contributed by atoms with van der Waals surface area (Å²) in [5, 5.41) is 9.32. The molecule has 0 aliphatic heterocycles. The van der Waals surface area contributed by atoms with E-state index in [0.29, 0.717) is 26.0 Å². The summed E-state index contributed by atoms with van der Waals surface area (Å²) in [5.41, 5.74) is 2.31. The fourth-order valence-electron chi connectivity index (χ4n) is 2.04. The van der Waals surface area contributed by atoms with Gasteiger partial charge in [-0.15, -0.1) is 0 Å². The van der Waals surface area contributed by atoms with Gasteiger partial charge in [0.15, 0.2) is 0 Å². The van der Waals surface area contributed by atoms with Gasteiger partial charge in [-0.3, -0.25) is 9.89 Å². The van der Waals surface area contributed by atoms with Gasteiger partial charge in [-0.25, -0.2) is 4.98 Å². The van der Waals surface area contributed by atoms with E-state index in [4.69, 9.17) is 4.74 Å². The van der Waals surface area contributed by atoms with Gasteiger partial charge in [-0.2, -0.15) is 5.10 Å². The lowest BCUT2D eigenvalue weighted by atomic mass is 10.1. The topological polar surface area (TPSA) is 79.9 Å². The van der Waals surface area contributed by atoms with Crippen molar-refractivity contribution in [3.8, 4) is 5.75 Å². The molecule has 0 aliphatic carbocycles. The Morgan fingerprint density at radius 2 is 2.05 bits per heavy atom. The number of rotatable bonds is 7. The highest BCUT2D eigenvalue weighted by Gasteiger charge is 2.03. The number of nitrogens with zero attached hydrogens (tertiary/aromatic N) is 2. The number of hydrogen-bond donors (Lipinski definition) is 2. The van der Waals surface area contributed by atoms with Crippen LogP contribution >= 0.6 is 0 Å². The van der Waals surface area contributed by atoms with E-state index >= 15 is 0 Å². The Balaban J connectivity index is 1.64. The second-order valence-electron chi connectivity index (χ2n) is 4.95. The number of ether oxygens (including phenoxy) is 1. The Morgan fingerprint density at radius 3 is 2.71 bits per heavy atom. The smallest absolute Gasteiger partial charge is 0.223 e. The van der Waals surface area contributed by atoms with Gasteiger partial charge in [0.05, 0.1) is 13.0 Å². The molecule has 0 unspecified atom stereocenters. The number of amides is 1. The summed E-state index contributed by atoms with van der Waals surface area (Å²) in [6, 6.07) is 6.02. The van der Waals surface area contributed by atoms with Crippen LogP contribution in [0.1, 0.15) is 23.4 Å². The van der Waals surface area contributed by atoms with Crippen molar-refractivity contribution in [3.05, 3.63) is 41.5 Å². The minimum absolute atomic E-state index is 0.0288. The average Bonchev–Trinajstić information content (AvgIpc) is 2.91. The number of carbonyl (C=O) groups is 1. The molecule has 1 aromatic heterocycles. The fourth-order valence-corrected chi connectivity index (χ4v) is 2.04. The number of nitrogens with one attached hydrogen (secondary N) is 2. The number of carbonyl (C=O) groups excluding carboxylic acids is 1. The highest BCUT2D eigenvalue weighted by atomic mass is 16.5. The molecule has 2 aromatic rings. The maximum absolute atomic E-state index is 11.7. The largest absolute Gasteiger partial charge is 0.493 e. The van der Waals surface area contributed by atoms with Gasteiger partial charge in [-0.05, 0) is 37.1 Å². The van der Waals surface area contributed by atoms with Crippen molar-refractivity contribution in [3.63, 3.8) is 0 Å². The molecule has 0 radical (unpaired) electrons. The summed E-state index contributed by atoms with van der Waals surface area (Å²) in [6.45, 7) is 4.96. The summed E-state index contributed by atoms with van der Waals surface area (Å²) in [4.78, 5) is 15.6. The van der Waals surface area contributed by atoms with Crippen molar-refractivity contribution in [2.45, 2.75) is 26.7 Å². The van der Waals surface area contributed by atoms with Crippen molar-refractivity contribution in [2.75, 3.05) is 13.2 Å². The molecule has 0 atom stereocenters. The predicted molar refractivity (Wildman–Crippen MR) is 79.1 cm³/mol. The molecule has 1 amide bonds. The number of hydrogen-bond acceptors (Lipinski definition) is 4. The predicted octanol–water partition coefficient (Wildman–Crippen LogP) is 1.55. The van der Waals surface area contributed by atoms with Crippen LogP contribution < -0.4 is 10.1 Å². The summed E-state index contributed by atoms with van der Waals surface area (Å²) < 4.78 is 5.60. The molecule has 1 heterocycles. The first-order chi connectivity index (χ1) is 10.1. The Kier molecular flexibility index (Phi) is 5.31. The molecule has 0 saturated carbocycles. The molecule has 6 heteroatoms. The van der Waals surface area contributed by atoms with Gasteiger partial charge in [-0.1, -0.05) is 6.07 Å². The summed E-state index contributed by atoms with van der Waals surface area (Å²) in [7, 11) is 0. The van der Waals surface area contributed by atoms with E-state index in [1.165, 1.54) is 6.33 Å². The molecule has 2 rings (SSSR count). The van der Waals surface area contributed by atoms with Crippen molar-refractivity contribution >= 4 is 5.91 Å². The molecular weight excluding hydrogens is 268 g/mol. The maximum atomic E-state index is 11.7. The van der Waals surface area contributed by atoms with Gasteiger partial charge in [0.1, 0.15) is 17.9 Å². The Morgan fingerprint density at radius 1 is 1.29 bits per heavy atom. The van der Waals surface area contributed by atoms with E-state index < -0.39 is 0 Å². The van der Waals surface area contributed by atoms with Crippen molar-refractivity contribution in [1.82, 2.24) is 20.5 Å². The fraction of sp³-hybridized carbons (Fsp3) is 0.400. The lowest BCUT2D eigenvalue weighted by Gasteiger charge is -2.08. The van der Waals surface area contributed by atoms with E-state index in [0.717, 1.165) is 22.7 Å². The zero-order chi connectivity index (χ0) is 15.1. The van der Waals surface area contributed by atoms with Gasteiger partial charge >= 0.3 is 0 Å². The van der Waals surface area contributed by atoms with Crippen LogP contribution in [-0.2, 0) is 11.2 Å². The Hall–Kier alpha value is -2.37. The third kappa shape index (κ3) is 5.25. The first-order valence-electron chi connectivity index (χ1n) is 6.95. The molecular formula is C15H20N4O2. The second-order valence-corrected chi connectivity index (χ2v) is 4.95. The van der Waals surface area contributed by atoms with Crippen LogP contribution in [0.15, 0.2) is 24.5 Å². The zero-order valence-electron chi connectivity index (χ0n) is 12.3. The molecule has 21 heavy (non-hydrogen) atoms. The number of aromatic amines is 1. The monoisotopic (exact) mass is 288 g/mol. The second kappa shape index (κ2) is 7.42. The average molecular weight is 288 g/mol. The molecule has 0 saturated heterocycles. The molecule has 6 nitrogen and oxygen atoms in total. The molecule has 1 aromatic carbocycles. The van der Waals surface area contributed by atoms with Gasteiger partial charge < -0.3 is 10.1 Å². The van der Waals surface area contributed by atoms with E-state index in [1.807, 2.05) is 26.0 Å². The summed E-state index contributed by atoms with van der Waals surface area (Å²) in [5.74, 6) is 1.54. The quantitative estimate of drug-likeness (QED) is 0.810. The van der Waals surface area contributed by atoms with Crippen molar-refractivity contribution < 1.29 is 9.53 Å². The number of aromatic nitrogens is 3. The normalized spacial score (nSPS) is 10.4. The Labute approximate surface area is 123 Å². The first-order valence-corrected chi connectivity index (χ1v) is 6.95.